The molecule has 1 aromatic heterocycles. The highest BCUT2D eigenvalue weighted by molar-refractivity contribution is 8.00. The Morgan fingerprint density at radius 1 is 0.911 bits per heavy atom. The van der Waals surface area contributed by atoms with Gasteiger partial charge in [0.15, 0.2) is 0 Å². The molecule has 1 fully saturated rings. The number of nitrogens with zero attached hydrogens (tertiary/aromatic N) is 3. The number of para-hydroxylation sites is 1. The van der Waals surface area contributed by atoms with Crippen LogP contribution in [0.1, 0.15) is 33.6 Å². The Hall–Kier alpha value is -4.68. The van der Waals surface area contributed by atoms with Gasteiger partial charge in [-0.2, -0.15) is 0 Å². The summed E-state index contributed by atoms with van der Waals surface area (Å²) in [6.45, 7) is 1.69. The van der Waals surface area contributed by atoms with Crippen molar-refractivity contribution in [1.29, 1.82) is 0 Å². The van der Waals surface area contributed by atoms with Crippen LogP contribution in [0.25, 0.3) is 0 Å². The number of amides is 3. The number of carbonyl (C=O) groups is 4. The molecule has 3 atom stereocenters. The van der Waals surface area contributed by atoms with E-state index in [0.717, 1.165) is 22.6 Å². The minimum atomic E-state index is -0.775. The van der Waals surface area contributed by atoms with Gasteiger partial charge in [-0.05, 0) is 61.0 Å². The fourth-order valence-electron chi connectivity index (χ4n) is 5.67. The quantitative estimate of drug-likeness (QED) is 0.219. The maximum atomic E-state index is 14.0. The van der Waals surface area contributed by atoms with Crippen molar-refractivity contribution in [2.45, 2.75) is 29.7 Å². The van der Waals surface area contributed by atoms with Gasteiger partial charge in [0.05, 0.1) is 28.8 Å². The van der Waals surface area contributed by atoms with Crippen LogP contribution in [0.4, 0.5) is 17.1 Å². The second kappa shape index (κ2) is 12.4. The SMILES string of the molecule is CCOC(=O)c1ccc(NC(=O)Cn2c3c(sc2=O)[C@@H](c2ccc(N(C)C)cc2)[C@@H]2C(=O)N(c4ccccc4)C(=O)[C@@H]2S3)cc1. The molecule has 230 valence electrons. The number of hydrogen-bond acceptors (Lipinski definition) is 9. The van der Waals surface area contributed by atoms with E-state index >= 15 is 0 Å². The van der Waals surface area contributed by atoms with Crippen molar-refractivity contribution in [3.05, 3.63) is 105 Å². The summed E-state index contributed by atoms with van der Waals surface area (Å²) in [4.78, 5) is 69.9. The second-order valence-corrected chi connectivity index (χ2v) is 13.0. The van der Waals surface area contributed by atoms with Crippen LogP contribution < -0.4 is 20.0 Å². The zero-order chi connectivity index (χ0) is 31.8. The fraction of sp³-hybridized carbons (Fsp3) is 0.242. The van der Waals surface area contributed by atoms with Crippen molar-refractivity contribution in [3.8, 4) is 0 Å². The molecule has 2 aliphatic heterocycles. The van der Waals surface area contributed by atoms with Crippen LogP contribution in [-0.2, 0) is 25.7 Å². The molecule has 2 aliphatic rings. The number of rotatable bonds is 8. The molecule has 45 heavy (non-hydrogen) atoms. The molecule has 3 heterocycles. The van der Waals surface area contributed by atoms with Gasteiger partial charge in [-0.15, -0.1) is 0 Å². The molecular weight excluding hydrogens is 613 g/mol. The molecule has 0 spiro atoms. The zero-order valence-electron chi connectivity index (χ0n) is 24.8. The lowest BCUT2D eigenvalue weighted by Crippen LogP contribution is -2.33. The highest BCUT2D eigenvalue weighted by atomic mass is 32.2. The van der Waals surface area contributed by atoms with Crippen LogP contribution >= 0.6 is 23.1 Å². The van der Waals surface area contributed by atoms with Gasteiger partial charge < -0.3 is 15.0 Å². The number of thioether (sulfide) groups is 1. The minimum Gasteiger partial charge on any atom is -0.462 e. The van der Waals surface area contributed by atoms with Crippen molar-refractivity contribution in [1.82, 2.24) is 4.57 Å². The van der Waals surface area contributed by atoms with E-state index < -0.39 is 29.0 Å². The first-order valence-electron chi connectivity index (χ1n) is 14.3. The molecule has 6 rings (SSSR count). The van der Waals surface area contributed by atoms with Crippen molar-refractivity contribution in [2.75, 3.05) is 35.8 Å². The molecule has 0 unspecified atom stereocenters. The summed E-state index contributed by atoms with van der Waals surface area (Å²) in [5, 5.41) is 2.51. The Morgan fingerprint density at radius 2 is 1.60 bits per heavy atom. The Labute approximate surface area is 267 Å². The lowest BCUT2D eigenvalue weighted by molar-refractivity contribution is -0.122. The molecule has 10 nitrogen and oxygen atoms in total. The van der Waals surface area contributed by atoms with Crippen LogP contribution in [0.15, 0.2) is 88.7 Å². The fourth-order valence-corrected chi connectivity index (χ4v) is 8.45. The number of imide groups is 1. The predicted octanol–water partition coefficient (Wildman–Crippen LogP) is 4.59. The third-order valence-corrected chi connectivity index (χ3v) is 10.4. The summed E-state index contributed by atoms with van der Waals surface area (Å²) in [6, 6.07) is 22.9. The number of benzene rings is 3. The monoisotopic (exact) mass is 642 g/mol. The van der Waals surface area contributed by atoms with Gasteiger partial charge in [-0.3, -0.25) is 23.7 Å². The lowest BCUT2D eigenvalue weighted by Gasteiger charge is -2.31. The maximum absolute atomic E-state index is 14.0. The molecule has 0 radical (unpaired) electrons. The molecule has 1 saturated heterocycles. The first-order chi connectivity index (χ1) is 21.7. The van der Waals surface area contributed by atoms with Gasteiger partial charge in [0, 0.05) is 36.3 Å². The molecule has 0 bridgehead atoms. The highest BCUT2D eigenvalue weighted by Crippen LogP contribution is 2.54. The number of ether oxygens (including phenoxy) is 1. The molecule has 3 amide bonds. The summed E-state index contributed by atoms with van der Waals surface area (Å²) in [5.41, 5.74) is 3.09. The summed E-state index contributed by atoms with van der Waals surface area (Å²) < 4.78 is 6.38. The number of thiazole rings is 1. The van der Waals surface area contributed by atoms with Gasteiger partial charge in [-0.25, -0.2) is 9.69 Å². The number of aromatic nitrogens is 1. The summed E-state index contributed by atoms with van der Waals surface area (Å²) >= 11 is 2.17. The van der Waals surface area contributed by atoms with Crippen LogP contribution in [0.5, 0.6) is 0 Å². The van der Waals surface area contributed by atoms with Crippen molar-refractivity contribution in [3.63, 3.8) is 0 Å². The molecule has 1 N–H and O–H groups in total. The second-order valence-electron chi connectivity index (χ2n) is 10.8. The van der Waals surface area contributed by atoms with E-state index in [9.17, 15) is 24.0 Å². The average molecular weight is 643 g/mol. The maximum Gasteiger partial charge on any atom is 0.338 e. The van der Waals surface area contributed by atoms with E-state index in [1.165, 1.54) is 21.2 Å². The van der Waals surface area contributed by atoms with Gasteiger partial charge in [-0.1, -0.05) is 53.4 Å². The Kier molecular flexibility index (Phi) is 8.34. The number of anilines is 3. The molecule has 0 aliphatic carbocycles. The van der Waals surface area contributed by atoms with Crippen molar-refractivity contribution < 1.29 is 23.9 Å². The minimum absolute atomic E-state index is 0.253. The zero-order valence-corrected chi connectivity index (χ0v) is 26.4. The first-order valence-corrected chi connectivity index (χ1v) is 16.0. The van der Waals surface area contributed by atoms with Gasteiger partial charge in [0.1, 0.15) is 11.8 Å². The van der Waals surface area contributed by atoms with Crippen LogP contribution in [-0.4, -0.2) is 54.2 Å². The Balaban J connectivity index is 1.34. The number of carbonyl (C=O) groups excluding carboxylic acids is 4. The Morgan fingerprint density at radius 3 is 2.24 bits per heavy atom. The summed E-state index contributed by atoms with van der Waals surface area (Å²) in [5.74, 6) is -2.84. The molecule has 3 aromatic carbocycles. The van der Waals surface area contributed by atoms with Crippen molar-refractivity contribution in [2.24, 2.45) is 5.92 Å². The van der Waals surface area contributed by atoms with Crippen LogP contribution in [0.2, 0.25) is 0 Å². The topological polar surface area (TPSA) is 118 Å². The Bertz CT molecular complexity index is 1830. The van der Waals surface area contributed by atoms with Gasteiger partial charge >= 0.3 is 10.8 Å². The highest BCUT2D eigenvalue weighted by Gasteiger charge is 2.56. The predicted molar refractivity (Wildman–Crippen MR) is 174 cm³/mol. The standard InChI is InChI=1S/C33H30N4O6S2/c1-4-43-32(41)20-10-14-21(15-11-20)34-24(38)18-36-31-28(45-33(36)42)25(19-12-16-22(17-13-19)35(2)3)26-27(44-31)30(40)37(29(26)39)23-8-6-5-7-9-23/h5-17,25-27H,4,18H2,1-3H3,(H,34,38)/t25-,26-,27+/m0/s1. The first kappa shape index (κ1) is 30.4. The molecule has 12 heteroatoms. The number of fused-ring (bicyclic) bond motifs is 2. The third-order valence-electron chi connectivity index (χ3n) is 7.81. The van der Waals surface area contributed by atoms with Gasteiger partial charge in [0.25, 0.3) is 0 Å². The normalized spacial score (nSPS) is 18.7. The average Bonchev–Trinajstić information content (AvgIpc) is 3.48. The van der Waals surface area contributed by atoms with Crippen molar-refractivity contribution >= 4 is 63.9 Å². The van der Waals surface area contributed by atoms with E-state index in [2.05, 4.69) is 5.32 Å². The number of nitrogens with one attached hydrogen (secondary N) is 1. The summed E-state index contributed by atoms with van der Waals surface area (Å²) in [7, 11) is 3.87. The molecule has 0 saturated carbocycles. The summed E-state index contributed by atoms with van der Waals surface area (Å²) in [6.07, 6.45) is 0. The van der Waals surface area contributed by atoms with E-state index in [1.807, 2.05) is 49.3 Å². The molecule has 4 aromatic rings. The van der Waals surface area contributed by atoms with E-state index in [0.29, 0.717) is 26.8 Å². The van der Waals surface area contributed by atoms with E-state index in [-0.39, 0.29) is 29.8 Å². The number of hydrogen-bond donors (Lipinski definition) is 1. The van der Waals surface area contributed by atoms with E-state index in [1.54, 1.807) is 55.5 Å². The molecular formula is C33H30N4O6S2. The van der Waals surface area contributed by atoms with Gasteiger partial charge in [0.2, 0.25) is 17.7 Å². The van der Waals surface area contributed by atoms with Crippen LogP contribution in [0.3, 0.4) is 0 Å². The van der Waals surface area contributed by atoms with Crippen LogP contribution in [0, 0.1) is 5.92 Å². The third kappa shape index (κ3) is 5.67. The lowest BCUT2D eigenvalue weighted by atomic mass is 9.83. The smallest absolute Gasteiger partial charge is 0.338 e. The largest absolute Gasteiger partial charge is 0.462 e. The number of esters is 1. The van der Waals surface area contributed by atoms with E-state index in [4.69, 9.17) is 4.74 Å².